The summed E-state index contributed by atoms with van der Waals surface area (Å²) in [5.74, 6) is -1.03. The summed E-state index contributed by atoms with van der Waals surface area (Å²) in [6.45, 7) is 7.92. The third-order valence-corrected chi connectivity index (χ3v) is 8.97. The van der Waals surface area contributed by atoms with Crippen molar-refractivity contribution in [3.8, 4) is 0 Å². The van der Waals surface area contributed by atoms with Crippen molar-refractivity contribution in [2.75, 3.05) is 44.2 Å². The number of carbonyl (C=O) groups excluding carboxylic acids is 4. The molecular weight excluding hydrogens is 510 g/mol. The van der Waals surface area contributed by atoms with Crippen LogP contribution in [0.3, 0.4) is 0 Å². The van der Waals surface area contributed by atoms with Crippen LogP contribution in [0.5, 0.6) is 0 Å². The van der Waals surface area contributed by atoms with Gasteiger partial charge in [-0.05, 0) is 55.9 Å². The van der Waals surface area contributed by atoms with Gasteiger partial charge in [-0.15, -0.1) is 0 Å². The van der Waals surface area contributed by atoms with Crippen molar-refractivity contribution in [2.24, 2.45) is 5.92 Å². The zero-order valence-electron chi connectivity index (χ0n) is 23.7. The Kier molecular flexibility index (Phi) is 8.47. The number of aliphatic hydroxyl groups is 1. The van der Waals surface area contributed by atoms with Gasteiger partial charge in [-0.2, -0.15) is 0 Å². The standard InChI is InChI=1S/C30H43N5O5/c1-20(2)18-23(32-27(37)21-6-8-22(9-7-21)33-16-13-31-14-17-33)28(38)34-15-10-24-26(34)25(36)19-35(24)29(39)30(40)11-4-3-5-12-30/h6-9,20,23-24,26,31,40H,3-5,10-19H2,1-2H3,(H,32,37). The van der Waals surface area contributed by atoms with E-state index in [1.165, 1.54) is 4.90 Å². The molecule has 4 fully saturated rings. The SMILES string of the molecule is CC(C)CC(NC(=O)c1ccc(N2CCNCC2)cc1)C(=O)N1CCC2C1C(=O)CN2C(=O)C1(O)CCCCC1. The zero-order valence-corrected chi connectivity index (χ0v) is 23.7. The fraction of sp³-hybridized carbons (Fsp3) is 0.667. The number of hydrogen-bond donors (Lipinski definition) is 3. The minimum Gasteiger partial charge on any atom is -0.380 e. The van der Waals surface area contributed by atoms with Gasteiger partial charge in [0.15, 0.2) is 5.78 Å². The summed E-state index contributed by atoms with van der Waals surface area (Å²) in [5, 5.41) is 17.3. The van der Waals surface area contributed by atoms with Crippen molar-refractivity contribution in [1.29, 1.82) is 0 Å². The Morgan fingerprint density at radius 2 is 1.70 bits per heavy atom. The fourth-order valence-corrected chi connectivity index (χ4v) is 6.84. The average Bonchev–Trinajstić information content (AvgIpc) is 3.54. The van der Waals surface area contributed by atoms with Gasteiger partial charge in [0, 0.05) is 44.0 Å². The minimum atomic E-state index is -1.42. The predicted octanol–water partition coefficient (Wildman–Crippen LogP) is 1.32. The lowest BCUT2D eigenvalue weighted by molar-refractivity contribution is -0.156. The first-order valence-corrected chi connectivity index (χ1v) is 14.9. The van der Waals surface area contributed by atoms with Crippen molar-refractivity contribution in [3.05, 3.63) is 29.8 Å². The lowest BCUT2D eigenvalue weighted by Gasteiger charge is -2.36. The van der Waals surface area contributed by atoms with E-state index in [0.29, 0.717) is 37.8 Å². The molecule has 10 heteroatoms. The second kappa shape index (κ2) is 11.9. The number of rotatable bonds is 7. The smallest absolute Gasteiger partial charge is 0.255 e. The van der Waals surface area contributed by atoms with E-state index in [1.807, 2.05) is 26.0 Å². The zero-order chi connectivity index (χ0) is 28.4. The lowest BCUT2D eigenvalue weighted by atomic mass is 9.83. The van der Waals surface area contributed by atoms with E-state index in [-0.39, 0.29) is 36.0 Å². The third kappa shape index (κ3) is 5.74. The molecule has 4 aliphatic rings. The molecule has 0 radical (unpaired) electrons. The average molecular weight is 554 g/mol. The molecule has 5 rings (SSSR count). The Labute approximate surface area is 236 Å². The van der Waals surface area contributed by atoms with Crippen LogP contribution in [-0.2, 0) is 14.4 Å². The van der Waals surface area contributed by atoms with Crippen LogP contribution in [0.25, 0.3) is 0 Å². The number of carbonyl (C=O) groups is 4. The molecule has 1 aromatic rings. The highest BCUT2D eigenvalue weighted by Gasteiger charge is 2.55. The lowest BCUT2D eigenvalue weighted by Crippen LogP contribution is -2.54. The number of anilines is 1. The summed E-state index contributed by atoms with van der Waals surface area (Å²) >= 11 is 0. The number of benzene rings is 1. The van der Waals surface area contributed by atoms with Gasteiger partial charge in [0.05, 0.1) is 12.6 Å². The second-order valence-corrected chi connectivity index (χ2v) is 12.3. The molecule has 0 bridgehead atoms. The van der Waals surface area contributed by atoms with Gasteiger partial charge in [-0.25, -0.2) is 0 Å². The maximum Gasteiger partial charge on any atom is 0.255 e. The van der Waals surface area contributed by atoms with E-state index in [2.05, 4.69) is 15.5 Å². The molecule has 40 heavy (non-hydrogen) atoms. The van der Waals surface area contributed by atoms with E-state index in [4.69, 9.17) is 0 Å². The topological polar surface area (TPSA) is 122 Å². The van der Waals surface area contributed by atoms with Crippen LogP contribution in [0.1, 0.15) is 69.2 Å². The molecule has 10 nitrogen and oxygen atoms in total. The molecule has 3 atom stereocenters. The van der Waals surface area contributed by atoms with E-state index in [0.717, 1.165) is 51.1 Å². The van der Waals surface area contributed by atoms with Crippen LogP contribution in [0.2, 0.25) is 0 Å². The molecular formula is C30H43N5O5. The molecule has 3 aliphatic heterocycles. The number of nitrogens with zero attached hydrogens (tertiary/aromatic N) is 3. The Balaban J connectivity index is 1.27. The first kappa shape index (κ1) is 28.5. The van der Waals surface area contributed by atoms with Gasteiger partial charge in [-0.1, -0.05) is 33.1 Å². The summed E-state index contributed by atoms with van der Waals surface area (Å²) in [7, 11) is 0. The molecule has 218 valence electrons. The monoisotopic (exact) mass is 553 g/mol. The second-order valence-electron chi connectivity index (χ2n) is 12.3. The van der Waals surface area contributed by atoms with Crippen molar-refractivity contribution < 1.29 is 24.3 Å². The Bertz CT molecular complexity index is 1110. The molecule has 3 heterocycles. The quantitative estimate of drug-likeness (QED) is 0.466. The van der Waals surface area contributed by atoms with Gasteiger partial charge >= 0.3 is 0 Å². The number of Topliss-reactive ketones (excluding diaryl/α,β-unsaturated/α-hetero) is 1. The largest absolute Gasteiger partial charge is 0.380 e. The van der Waals surface area contributed by atoms with Gasteiger partial charge in [-0.3, -0.25) is 19.2 Å². The van der Waals surface area contributed by atoms with E-state index < -0.39 is 23.7 Å². The van der Waals surface area contributed by atoms with Crippen LogP contribution < -0.4 is 15.5 Å². The van der Waals surface area contributed by atoms with Gasteiger partial charge in [0.1, 0.15) is 17.7 Å². The maximum atomic E-state index is 13.8. The summed E-state index contributed by atoms with van der Waals surface area (Å²) in [6, 6.07) is 5.52. The van der Waals surface area contributed by atoms with E-state index in [1.54, 1.807) is 17.0 Å². The predicted molar refractivity (Wildman–Crippen MR) is 151 cm³/mol. The molecule has 1 aromatic carbocycles. The maximum absolute atomic E-state index is 13.8. The summed E-state index contributed by atoms with van der Waals surface area (Å²) < 4.78 is 0. The Hall–Kier alpha value is -2.98. The van der Waals surface area contributed by atoms with Crippen molar-refractivity contribution in [2.45, 2.75) is 82.5 Å². The van der Waals surface area contributed by atoms with E-state index in [9.17, 15) is 24.3 Å². The van der Waals surface area contributed by atoms with E-state index >= 15 is 0 Å². The van der Waals surface area contributed by atoms with Crippen LogP contribution in [0, 0.1) is 5.92 Å². The number of nitrogens with one attached hydrogen (secondary N) is 2. The summed E-state index contributed by atoms with van der Waals surface area (Å²) in [5.41, 5.74) is 0.126. The summed E-state index contributed by atoms with van der Waals surface area (Å²) in [4.78, 5) is 58.9. The Morgan fingerprint density at radius 1 is 1.02 bits per heavy atom. The first-order chi connectivity index (χ1) is 19.2. The highest BCUT2D eigenvalue weighted by molar-refractivity contribution is 6.01. The first-order valence-electron chi connectivity index (χ1n) is 14.9. The van der Waals surface area contributed by atoms with Crippen molar-refractivity contribution in [3.63, 3.8) is 0 Å². The minimum absolute atomic E-state index is 0.0824. The van der Waals surface area contributed by atoms with Crippen LogP contribution in [0.4, 0.5) is 5.69 Å². The fourth-order valence-electron chi connectivity index (χ4n) is 6.84. The van der Waals surface area contributed by atoms with Crippen molar-refractivity contribution >= 4 is 29.2 Å². The highest BCUT2D eigenvalue weighted by Crippen LogP contribution is 2.36. The van der Waals surface area contributed by atoms with Gasteiger partial charge in [0.2, 0.25) is 5.91 Å². The molecule has 0 aromatic heterocycles. The molecule has 3 amide bonds. The molecule has 3 N–H and O–H groups in total. The molecule has 1 saturated carbocycles. The number of piperazine rings is 1. The number of fused-ring (bicyclic) bond motifs is 1. The van der Waals surface area contributed by atoms with Crippen LogP contribution in [-0.4, -0.2) is 101 Å². The third-order valence-electron chi connectivity index (χ3n) is 8.97. The number of amides is 3. The van der Waals surface area contributed by atoms with Crippen LogP contribution in [0.15, 0.2) is 24.3 Å². The molecule has 3 saturated heterocycles. The highest BCUT2D eigenvalue weighted by atomic mass is 16.3. The molecule has 0 spiro atoms. The Morgan fingerprint density at radius 3 is 2.35 bits per heavy atom. The van der Waals surface area contributed by atoms with Gasteiger partial charge < -0.3 is 30.4 Å². The number of ketones is 1. The number of likely N-dealkylation sites (tertiary alicyclic amines) is 2. The molecule has 3 unspecified atom stereocenters. The normalized spacial score (nSPS) is 25.2. The van der Waals surface area contributed by atoms with Gasteiger partial charge in [0.25, 0.3) is 11.8 Å². The number of hydrogen-bond acceptors (Lipinski definition) is 7. The van der Waals surface area contributed by atoms with Crippen molar-refractivity contribution in [1.82, 2.24) is 20.4 Å². The van der Waals surface area contributed by atoms with Crippen LogP contribution >= 0.6 is 0 Å². The summed E-state index contributed by atoms with van der Waals surface area (Å²) in [6.07, 6.45) is 4.32. The molecule has 1 aliphatic carbocycles.